The zero-order chi connectivity index (χ0) is 13.1. The molecular weight excluding hydrogens is 228 g/mol. The predicted molar refractivity (Wildman–Crippen MR) is 69.2 cm³/mol. The molecule has 18 heavy (non-hydrogen) atoms. The molecule has 2 rings (SSSR count). The number of aromatic hydroxyl groups is 1. The molecule has 1 unspecified atom stereocenters. The Labute approximate surface area is 106 Å². The summed E-state index contributed by atoms with van der Waals surface area (Å²) >= 11 is 0. The van der Waals surface area contributed by atoms with Crippen LogP contribution in [0.3, 0.4) is 0 Å². The van der Waals surface area contributed by atoms with Crippen LogP contribution < -0.4 is 0 Å². The third-order valence-corrected chi connectivity index (χ3v) is 3.13. The number of benzene rings is 2. The molecule has 0 aromatic heterocycles. The van der Waals surface area contributed by atoms with Gasteiger partial charge in [-0.25, -0.2) is 0 Å². The van der Waals surface area contributed by atoms with Gasteiger partial charge in [0.15, 0.2) is 6.29 Å². The van der Waals surface area contributed by atoms with Crippen LogP contribution in [0.15, 0.2) is 48.5 Å². The Morgan fingerprint density at radius 3 is 2.17 bits per heavy atom. The number of phenols is 1. The van der Waals surface area contributed by atoms with Gasteiger partial charge in [-0.15, -0.1) is 0 Å². The number of aliphatic hydroxyl groups is 2. The van der Waals surface area contributed by atoms with Gasteiger partial charge >= 0.3 is 0 Å². The van der Waals surface area contributed by atoms with E-state index in [0.717, 1.165) is 11.1 Å². The van der Waals surface area contributed by atoms with E-state index in [1.54, 1.807) is 12.1 Å². The van der Waals surface area contributed by atoms with Gasteiger partial charge in [0.05, 0.1) is 0 Å². The predicted octanol–water partition coefficient (Wildman–Crippen LogP) is 2.53. The molecule has 2 aromatic carbocycles. The molecule has 3 heteroatoms. The van der Waals surface area contributed by atoms with E-state index in [2.05, 4.69) is 0 Å². The molecule has 0 saturated carbocycles. The first-order valence-corrected chi connectivity index (χ1v) is 5.83. The molecule has 3 N–H and O–H groups in total. The molecule has 0 aliphatic carbocycles. The summed E-state index contributed by atoms with van der Waals surface area (Å²) in [6.45, 7) is 2.04. The van der Waals surface area contributed by atoms with Gasteiger partial charge in [-0.1, -0.05) is 43.3 Å². The lowest BCUT2D eigenvalue weighted by Gasteiger charge is -2.15. The Kier molecular flexibility index (Phi) is 3.65. The van der Waals surface area contributed by atoms with Gasteiger partial charge < -0.3 is 15.3 Å². The summed E-state index contributed by atoms with van der Waals surface area (Å²) in [5, 5.41) is 27.9. The van der Waals surface area contributed by atoms with Crippen molar-refractivity contribution in [2.45, 2.75) is 19.1 Å². The maximum Gasteiger partial charge on any atom is 0.182 e. The first-order valence-electron chi connectivity index (χ1n) is 5.83. The van der Waals surface area contributed by atoms with Crippen LogP contribution in [0.25, 0.3) is 0 Å². The second-order valence-corrected chi connectivity index (χ2v) is 4.32. The van der Waals surface area contributed by atoms with E-state index in [0.29, 0.717) is 0 Å². The molecule has 1 atom stereocenters. The van der Waals surface area contributed by atoms with Crippen molar-refractivity contribution >= 4 is 0 Å². The summed E-state index contributed by atoms with van der Waals surface area (Å²) in [6, 6.07) is 14.8. The van der Waals surface area contributed by atoms with Crippen molar-refractivity contribution in [2.75, 3.05) is 0 Å². The minimum absolute atomic E-state index is 0.103. The van der Waals surface area contributed by atoms with Gasteiger partial charge in [0.1, 0.15) is 5.75 Å². The highest BCUT2D eigenvalue weighted by Gasteiger charge is 2.14. The molecule has 0 saturated heterocycles. The first-order chi connectivity index (χ1) is 8.59. The van der Waals surface area contributed by atoms with E-state index in [1.807, 2.05) is 37.3 Å². The maximum atomic E-state index is 9.54. The Morgan fingerprint density at radius 2 is 1.56 bits per heavy atom. The van der Waals surface area contributed by atoms with Gasteiger partial charge in [0.25, 0.3) is 0 Å². The Morgan fingerprint density at radius 1 is 0.889 bits per heavy atom. The Hall–Kier alpha value is -1.84. The number of hydrogen-bond donors (Lipinski definition) is 3. The minimum atomic E-state index is -1.66. The molecule has 2 aromatic rings. The highest BCUT2D eigenvalue weighted by molar-refractivity contribution is 5.41. The molecular formula is C15H16O3. The molecule has 0 amide bonds. The van der Waals surface area contributed by atoms with E-state index in [1.165, 1.54) is 6.07 Å². The van der Waals surface area contributed by atoms with Crippen molar-refractivity contribution in [3.63, 3.8) is 0 Å². The van der Waals surface area contributed by atoms with Crippen LogP contribution >= 0.6 is 0 Å². The maximum absolute atomic E-state index is 9.54. The molecule has 0 radical (unpaired) electrons. The SMILES string of the molecule is CC(c1ccccc1)c1ccc(O)c(C(O)O)c1. The van der Waals surface area contributed by atoms with Crippen LogP contribution in [0.2, 0.25) is 0 Å². The molecule has 0 bridgehead atoms. The molecule has 94 valence electrons. The van der Waals surface area contributed by atoms with Crippen molar-refractivity contribution in [1.82, 2.24) is 0 Å². The molecule has 0 aliphatic rings. The molecule has 0 fully saturated rings. The van der Waals surface area contributed by atoms with Crippen molar-refractivity contribution in [3.8, 4) is 5.75 Å². The lowest BCUT2D eigenvalue weighted by atomic mass is 9.92. The Bertz CT molecular complexity index is 521. The monoisotopic (exact) mass is 244 g/mol. The number of phenolic OH excluding ortho intramolecular Hbond substituents is 1. The second-order valence-electron chi connectivity index (χ2n) is 4.32. The van der Waals surface area contributed by atoms with Gasteiger partial charge in [-0.2, -0.15) is 0 Å². The molecule has 3 nitrogen and oxygen atoms in total. The van der Waals surface area contributed by atoms with Crippen molar-refractivity contribution in [1.29, 1.82) is 0 Å². The third-order valence-electron chi connectivity index (χ3n) is 3.13. The summed E-state index contributed by atoms with van der Waals surface area (Å²) in [5.41, 5.74) is 2.21. The van der Waals surface area contributed by atoms with Crippen LogP contribution in [-0.4, -0.2) is 15.3 Å². The molecule has 0 spiro atoms. The standard InChI is InChI=1S/C15H16O3/c1-10(11-5-3-2-4-6-11)12-7-8-14(16)13(9-12)15(17)18/h2-10,15-18H,1H3. The van der Waals surface area contributed by atoms with Crippen molar-refractivity contribution in [3.05, 3.63) is 65.2 Å². The summed E-state index contributed by atoms with van der Waals surface area (Å²) in [5.74, 6) is 0.0262. The Balaban J connectivity index is 2.37. The van der Waals surface area contributed by atoms with Crippen LogP contribution in [-0.2, 0) is 0 Å². The average molecular weight is 244 g/mol. The van der Waals surface area contributed by atoms with Crippen molar-refractivity contribution in [2.24, 2.45) is 0 Å². The first kappa shape index (κ1) is 12.6. The quantitative estimate of drug-likeness (QED) is 0.727. The van der Waals surface area contributed by atoms with E-state index >= 15 is 0 Å². The third kappa shape index (κ3) is 2.53. The fourth-order valence-corrected chi connectivity index (χ4v) is 1.98. The summed E-state index contributed by atoms with van der Waals surface area (Å²) < 4.78 is 0. The summed E-state index contributed by atoms with van der Waals surface area (Å²) in [4.78, 5) is 0. The largest absolute Gasteiger partial charge is 0.507 e. The molecule has 0 heterocycles. The average Bonchev–Trinajstić information content (AvgIpc) is 2.39. The minimum Gasteiger partial charge on any atom is -0.507 e. The van der Waals surface area contributed by atoms with Crippen LogP contribution in [0.1, 0.15) is 35.8 Å². The van der Waals surface area contributed by atoms with Crippen LogP contribution in [0.4, 0.5) is 0 Å². The number of rotatable bonds is 3. The highest BCUT2D eigenvalue weighted by atomic mass is 16.5. The van der Waals surface area contributed by atoms with Gasteiger partial charge in [0.2, 0.25) is 0 Å². The van der Waals surface area contributed by atoms with E-state index < -0.39 is 6.29 Å². The zero-order valence-corrected chi connectivity index (χ0v) is 10.1. The van der Waals surface area contributed by atoms with E-state index in [-0.39, 0.29) is 17.2 Å². The number of hydrogen-bond acceptors (Lipinski definition) is 3. The lowest BCUT2D eigenvalue weighted by Crippen LogP contribution is -2.00. The van der Waals surface area contributed by atoms with Gasteiger partial charge in [-0.3, -0.25) is 0 Å². The van der Waals surface area contributed by atoms with E-state index in [4.69, 9.17) is 0 Å². The normalized spacial score (nSPS) is 12.7. The number of aliphatic hydroxyl groups excluding tert-OH is 1. The topological polar surface area (TPSA) is 60.7 Å². The van der Waals surface area contributed by atoms with Gasteiger partial charge in [-0.05, 0) is 23.3 Å². The highest BCUT2D eigenvalue weighted by Crippen LogP contribution is 2.30. The fourth-order valence-electron chi connectivity index (χ4n) is 1.98. The van der Waals surface area contributed by atoms with Crippen LogP contribution in [0, 0.1) is 0 Å². The fraction of sp³-hybridized carbons (Fsp3) is 0.200. The van der Waals surface area contributed by atoms with Crippen molar-refractivity contribution < 1.29 is 15.3 Å². The van der Waals surface area contributed by atoms with E-state index in [9.17, 15) is 15.3 Å². The van der Waals surface area contributed by atoms with Crippen LogP contribution in [0.5, 0.6) is 5.75 Å². The second kappa shape index (κ2) is 5.21. The summed E-state index contributed by atoms with van der Waals surface area (Å²) in [7, 11) is 0. The zero-order valence-electron chi connectivity index (χ0n) is 10.1. The summed E-state index contributed by atoms with van der Waals surface area (Å²) in [6.07, 6.45) is -1.66. The smallest absolute Gasteiger partial charge is 0.182 e. The van der Waals surface area contributed by atoms with Gasteiger partial charge in [0, 0.05) is 11.5 Å². The molecule has 0 aliphatic heterocycles. The lowest BCUT2D eigenvalue weighted by molar-refractivity contribution is -0.0439.